The van der Waals surface area contributed by atoms with Crippen molar-refractivity contribution in [3.63, 3.8) is 0 Å². The molecule has 0 unspecified atom stereocenters. The third-order valence-electron chi connectivity index (χ3n) is 3.36. The molecule has 0 saturated heterocycles. The predicted octanol–water partition coefficient (Wildman–Crippen LogP) is 1.71. The number of anilines is 1. The summed E-state index contributed by atoms with van der Waals surface area (Å²) in [4.78, 5) is 4.33. The molecule has 134 valence electrons. The highest BCUT2D eigenvalue weighted by Gasteiger charge is 2.12. The van der Waals surface area contributed by atoms with Gasteiger partial charge in [0.1, 0.15) is 5.75 Å². The summed E-state index contributed by atoms with van der Waals surface area (Å²) in [5, 5.41) is 2.92. The Kier molecular flexibility index (Phi) is 6.37. The first-order chi connectivity index (χ1) is 11.9. The van der Waals surface area contributed by atoms with E-state index in [0.717, 1.165) is 11.3 Å². The lowest BCUT2D eigenvalue weighted by atomic mass is 10.2. The van der Waals surface area contributed by atoms with Crippen molar-refractivity contribution in [3.05, 3.63) is 54.1 Å². The van der Waals surface area contributed by atoms with Crippen molar-refractivity contribution in [2.24, 2.45) is 10.7 Å². The SMILES string of the molecule is COc1cccc(NC(N)=NCCNS(=O)(=O)c2ccc(C)cc2)c1. The molecule has 0 atom stereocenters. The van der Waals surface area contributed by atoms with Crippen LogP contribution in [0.2, 0.25) is 0 Å². The van der Waals surface area contributed by atoms with Crippen LogP contribution in [-0.2, 0) is 10.0 Å². The van der Waals surface area contributed by atoms with Crippen LogP contribution in [0.3, 0.4) is 0 Å². The van der Waals surface area contributed by atoms with Crippen molar-refractivity contribution >= 4 is 21.7 Å². The molecule has 0 fully saturated rings. The molecule has 2 aromatic rings. The maximum Gasteiger partial charge on any atom is 0.240 e. The van der Waals surface area contributed by atoms with E-state index in [4.69, 9.17) is 10.5 Å². The number of nitrogens with two attached hydrogens (primary N) is 1. The van der Waals surface area contributed by atoms with Gasteiger partial charge in [0.05, 0.1) is 18.6 Å². The normalized spacial score (nSPS) is 12.0. The summed E-state index contributed by atoms with van der Waals surface area (Å²) in [6.07, 6.45) is 0. The first-order valence-corrected chi connectivity index (χ1v) is 9.16. The minimum Gasteiger partial charge on any atom is -0.497 e. The first kappa shape index (κ1) is 18.8. The van der Waals surface area contributed by atoms with E-state index in [1.807, 2.05) is 25.1 Å². The van der Waals surface area contributed by atoms with Crippen LogP contribution in [0.15, 0.2) is 58.4 Å². The van der Waals surface area contributed by atoms with Crippen LogP contribution in [0.5, 0.6) is 5.75 Å². The van der Waals surface area contributed by atoms with Crippen molar-refractivity contribution < 1.29 is 13.2 Å². The van der Waals surface area contributed by atoms with Crippen LogP contribution >= 0.6 is 0 Å². The van der Waals surface area contributed by atoms with E-state index in [-0.39, 0.29) is 23.9 Å². The molecular weight excluding hydrogens is 340 g/mol. The van der Waals surface area contributed by atoms with Gasteiger partial charge >= 0.3 is 0 Å². The molecule has 0 saturated carbocycles. The Balaban J connectivity index is 1.86. The largest absolute Gasteiger partial charge is 0.497 e. The van der Waals surface area contributed by atoms with E-state index in [1.165, 1.54) is 0 Å². The van der Waals surface area contributed by atoms with Gasteiger partial charge in [0.25, 0.3) is 0 Å². The Labute approximate surface area is 148 Å². The smallest absolute Gasteiger partial charge is 0.240 e. The number of nitrogens with zero attached hydrogens (tertiary/aromatic N) is 1. The number of nitrogens with one attached hydrogen (secondary N) is 2. The highest BCUT2D eigenvalue weighted by Crippen LogP contribution is 2.16. The van der Waals surface area contributed by atoms with Crippen molar-refractivity contribution in [3.8, 4) is 5.75 Å². The predicted molar refractivity (Wildman–Crippen MR) is 99.5 cm³/mol. The number of guanidine groups is 1. The van der Waals surface area contributed by atoms with E-state index in [2.05, 4.69) is 15.0 Å². The van der Waals surface area contributed by atoms with Gasteiger partial charge in [-0.2, -0.15) is 0 Å². The molecule has 7 nitrogen and oxygen atoms in total. The lowest BCUT2D eigenvalue weighted by Crippen LogP contribution is -2.28. The number of benzene rings is 2. The number of hydrogen-bond acceptors (Lipinski definition) is 4. The standard InChI is InChI=1S/C17H22N4O3S/c1-13-6-8-16(9-7-13)25(22,23)20-11-10-19-17(18)21-14-4-3-5-15(12-14)24-2/h3-9,12,20H,10-11H2,1-2H3,(H3,18,19,21). The highest BCUT2D eigenvalue weighted by molar-refractivity contribution is 7.89. The lowest BCUT2D eigenvalue weighted by Gasteiger charge is -2.08. The van der Waals surface area contributed by atoms with Gasteiger partial charge in [-0.05, 0) is 31.2 Å². The van der Waals surface area contributed by atoms with Crippen molar-refractivity contribution in [1.29, 1.82) is 0 Å². The Morgan fingerprint density at radius 3 is 2.60 bits per heavy atom. The second-order valence-corrected chi connectivity index (χ2v) is 7.10. The van der Waals surface area contributed by atoms with Gasteiger partial charge < -0.3 is 15.8 Å². The molecular formula is C17H22N4O3S. The molecule has 0 bridgehead atoms. The molecule has 0 amide bonds. The van der Waals surface area contributed by atoms with Crippen molar-refractivity contribution in [2.45, 2.75) is 11.8 Å². The Morgan fingerprint density at radius 2 is 1.92 bits per heavy atom. The number of sulfonamides is 1. The van der Waals surface area contributed by atoms with Crippen LogP contribution in [0, 0.1) is 6.92 Å². The number of ether oxygens (including phenoxy) is 1. The van der Waals surface area contributed by atoms with Gasteiger partial charge in [-0.25, -0.2) is 13.1 Å². The monoisotopic (exact) mass is 362 g/mol. The van der Waals surface area contributed by atoms with E-state index in [0.29, 0.717) is 5.75 Å². The minimum absolute atomic E-state index is 0.150. The number of rotatable bonds is 7. The van der Waals surface area contributed by atoms with Gasteiger partial charge in [0.2, 0.25) is 10.0 Å². The molecule has 4 N–H and O–H groups in total. The number of methoxy groups -OCH3 is 1. The molecule has 2 rings (SSSR count). The molecule has 0 radical (unpaired) electrons. The fraction of sp³-hybridized carbons (Fsp3) is 0.235. The Bertz CT molecular complexity index is 833. The zero-order valence-electron chi connectivity index (χ0n) is 14.2. The lowest BCUT2D eigenvalue weighted by molar-refractivity contribution is 0.415. The summed E-state index contributed by atoms with van der Waals surface area (Å²) in [6.45, 7) is 2.27. The van der Waals surface area contributed by atoms with E-state index < -0.39 is 10.0 Å². The van der Waals surface area contributed by atoms with E-state index in [9.17, 15) is 8.42 Å². The van der Waals surface area contributed by atoms with Gasteiger partial charge in [-0.1, -0.05) is 23.8 Å². The zero-order chi connectivity index (χ0) is 18.3. The molecule has 2 aromatic carbocycles. The topological polar surface area (TPSA) is 106 Å². The van der Waals surface area contributed by atoms with Gasteiger partial charge in [0.15, 0.2) is 5.96 Å². The molecule has 0 aromatic heterocycles. The van der Waals surface area contributed by atoms with Gasteiger partial charge in [-0.3, -0.25) is 4.99 Å². The number of hydrogen-bond donors (Lipinski definition) is 3. The summed E-state index contributed by atoms with van der Waals surface area (Å²) < 4.78 is 31.9. The van der Waals surface area contributed by atoms with Crippen LogP contribution < -0.4 is 20.5 Å². The van der Waals surface area contributed by atoms with Crippen LogP contribution in [0.1, 0.15) is 5.56 Å². The summed E-state index contributed by atoms with van der Waals surface area (Å²) in [6, 6.07) is 13.9. The quantitative estimate of drug-likeness (QED) is 0.395. The van der Waals surface area contributed by atoms with Crippen LogP contribution in [-0.4, -0.2) is 34.6 Å². The molecule has 0 aliphatic rings. The van der Waals surface area contributed by atoms with Crippen molar-refractivity contribution in [1.82, 2.24) is 4.72 Å². The molecule has 0 spiro atoms. The fourth-order valence-electron chi connectivity index (χ4n) is 2.05. The zero-order valence-corrected chi connectivity index (χ0v) is 15.0. The average Bonchev–Trinajstić information content (AvgIpc) is 2.59. The fourth-order valence-corrected chi connectivity index (χ4v) is 3.07. The Hall–Kier alpha value is -2.58. The number of aryl methyl sites for hydroxylation is 1. The Morgan fingerprint density at radius 1 is 1.20 bits per heavy atom. The average molecular weight is 362 g/mol. The summed E-state index contributed by atoms with van der Waals surface area (Å²) >= 11 is 0. The van der Waals surface area contributed by atoms with Gasteiger partial charge in [0, 0.05) is 18.3 Å². The van der Waals surface area contributed by atoms with Crippen molar-refractivity contribution in [2.75, 3.05) is 25.5 Å². The van der Waals surface area contributed by atoms with E-state index >= 15 is 0 Å². The summed E-state index contributed by atoms with van der Waals surface area (Å²) in [7, 11) is -1.96. The second-order valence-electron chi connectivity index (χ2n) is 5.33. The minimum atomic E-state index is -3.54. The molecule has 25 heavy (non-hydrogen) atoms. The van der Waals surface area contributed by atoms with Crippen LogP contribution in [0.25, 0.3) is 0 Å². The number of aliphatic imine (C=N–C) groups is 1. The summed E-state index contributed by atoms with van der Waals surface area (Å²) in [5.41, 5.74) is 7.53. The molecule has 8 heteroatoms. The third-order valence-corrected chi connectivity index (χ3v) is 4.84. The van der Waals surface area contributed by atoms with Gasteiger partial charge in [-0.15, -0.1) is 0 Å². The molecule has 0 aliphatic heterocycles. The molecule has 0 heterocycles. The highest BCUT2D eigenvalue weighted by atomic mass is 32.2. The maximum atomic E-state index is 12.1. The van der Waals surface area contributed by atoms with E-state index in [1.54, 1.807) is 37.4 Å². The molecule has 0 aliphatic carbocycles. The summed E-state index contributed by atoms with van der Waals surface area (Å²) in [5.74, 6) is 0.895. The first-order valence-electron chi connectivity index (χ1n) is 7.68. The van der Waals surface area contributed by atoms with Crippen LogP contribution in [0.4, 0.5) is 5.69 Å². The maximum absolute atomic E-state index is 12.1. The second kappa shape index (κ2) is 8.50. The third kappa shape index (κ3) is 5.77.